The van der Waals surface area contributed by atoms with Crippen molar-refractivity contribution in [2.45, 2.75) is 32.9 Å². The molecule has 3 aromatic rings. The van der Waals surface area contributed by atoms with Crippen LogP contribution in [-0.2, 0) is 11.3 Å². The van der Waals surface area contributed by atoms with E-state index in [9.17, 15) is 9.59 Å². The second-order valence-electron chi connectivity index (χ2n) is 7.81. The zero-order valence-corrected chi connectivity index (χ0v) is 17.8. The van der Waals surface area contributed by atoms with E-state index in [4.69, 9.17) is 9.47 Å². The summed E-state index contributed by atoms with van der Waals surface area (Å²) in [6, 6.07) is 15.7. The fourth-order valence-corrected chi connectivity index (χ4v) is 2.72. The molecule has 0 aliphatic carbocycles. The summed E-state index contributed by atoms with van der Waals surface area (Å²) in [4.78, 5) is 24.6. The quantitative estimate of drug-likeness (QED) is 0.582. The molecular formula is C23H26N4O4. The number of anilines is 2. The van der Waals surface area contributed by atoms with Crippen LogP contribution in [0.3, 0.4) is 0 Å². The van der Waals surface area contributed by atoms with Gasteiger partial charge < -0.3 is 14.8 Å². The lowest BCUT2D eigenvalue weighted by Gasteiger charge is -2.19. The van der Waals surface area contributed by atoms with Gasteiger partial charge in [-0.1, -0.05) is 12.1 Å². The Hall–Kier alpha value is -3.81. The summed E-state index contributed by atoms with van der Waals surface area (Å²) in [5.74, 6) is 0.340. The molecule has 162 valence electrons. The molecule has 2 N–H and O–H groups in total. The number of aromatic nitrogens is 2. The van der Waals surface area contributed by atoms with Crippen molar-refractivity contribution in [2.24, 2.45) is 0 Å². The first-order valence-corrected chi connectivity index (χ1v) is 9.90. The van der Waals surface area contributed by atoms with Gasteiger partial charge in [0.15, 0.2) is 0 Å². The van der Waals surface area contributed by atoms with E-state index in [2.05, 4.69) is 15.7 Å². The Labute approximate surface area is 181 Å². The highest BCUT2D eigenvalue weighted by molar-refractivity contribution is 6.05. The molecule has 2 aromatic carbocycles. The average molecular weight is 422 g/mol. The topological polar surface area (TPSA) is 94.5 Å². The van der Waals surface area contributed by atoms with Crippen molar-refractivity contribution in [3.05, 3.63) is 72.6 Å². The molecule has 8 nitrogen and oxygen atoms in total. The molecule has 0 unspecified atom stereocenters. The van der Waals surface area contributed by atoms with Crippen molar-refractivity contribution < 1.29 is 19.1 Å². The Kier molecular flexibility index (Phi) is 6.92. The normalized spacial score (nSPS) is 10.9. The second kappa shape index (κ2) is 9.80. The van der Waals surface area contributed by atoms with Gasteiger partial charge in [-0.2, -0.15) is 5.10 Å². The largest absolute Gasteiger partial charge is 0.492 e. The van der Waals surface area contributed by atoms with Gasteiger partial charge in [0, 0.05) is 35.4 Å². The number of nitrogens with one attached hydrogen (secondary N) is 2. The summed E-state index contributed by atoms with van der Waals surface area (Å²) in [6.07, 6.45) is 3.00. The van der Waals surface area contributed by atoms with Crippen LogP contribution in [0.5, 0.6) is 5.75 Å². The van der Waals surface area contributed by atoms with Gasteiger partial charge in [0.2, 0.25) is 0 Å². The van der Waals surface area contributed by atoms with Crippen molar-refractivity contribution >= 4 is 23.4 Å². The van der Waals surface area contributed by atoms with Crippen LogP contribution in [0.2, 0.25) is 0 Å². The average Bonchev–Trinajstić information content (AvgIpc) is 3.20. The third kappa shape index (κ3) is 7.18. The van der Waals surface area contributed by atoms with E-state index < -0.39 is 11.7 Å². The summed E-state index contributed by atoms with van der Waals surface area (Å²) < 4.78 is 12.8. The van der Waals surface area contributed by atoms with Crippen LogP contribution >= 0.6 is 0 Å². The van der Waals surface area contributed by atoms with Gasteiger partial charge in [-0.25, -0.2) is 4.79 Å². The number of rotatable bonds is 7. The van der Waals surface area contributed by atoms with E-state index in [0.717, 1.165) is 0 Å². The summed E-state index contributed by atoms with van der Waals surface area (Å²) in [6.45, 7) is 6.43. The minimum absolute atomic E-state index is 0.304. The smallest absolute Gasteiger partial charge is 0.412 e. The van der Waals surface area contributed by atoms with Crippen LogP contribution < -0.4 is 15.4 Å². The minimum Gasteiger partial charge on any atom is -0.492 e. The Bertz CT molecular complexity index is 1030. The maximum absolute atomic E-state index is 12.7. The summed E-state index contributed by atoms with van der Waals surface area (Å²) in [7, 11) is 0. The Morgan fingerprint density at radius 2 is 1.74 bits per heavy atom. The van der Waals surface area contributed by atoms with Gasteiger partial charge in [-0.3, -0.25) is 14.8 Å². The molecular weight excluding hydrogens is 396 g/mol. The van der Waals surface area contributed by atoms with Crippen LogP contribution in [0.4, 0.5) is 16.2 Å². The van der Waals surface area contributed by atoms with Crippen LogP contribution in [0.25, 0.3) is 0 Å². The first-order valence-electron chi connectivity index (χ1n) is 9.90. The number of ether oxygens (including phenoxy) is 2. The molecule has 31 heavy (non-hydrogen) atoms. The van der Waals surface area contributed by atoms with E-state index in [1.54, 1.807) is 74.1 Å². The molecule has 1 heterocycles. The van der Waals surface area contributed by atoms with Crippen LogP contribution in [0, 0.1) is 0 Å². The lowest BCUT2D eigenvalue weighted by atomic mass is 10.2. The van der Waals surface area contributed by atoms with Gasteiger partial charge in [-0.15, -0.1) is 0 Å². The second-order valence-corrected chi connectivity index (χ2v) is 7.81. The molecule has 1 aromatic heterocycles. The van der Waals surface area contributed by atoms with Crippen molar-refractivity contribution in [1.29, 1.82) is 0 Å². The molecule has 3 rings (SSSR count). The van der Waals surface area contributed by atoms with Gasteiger partial charge in [-0.05, 0) is 57.2 Å². The zero-order valence-electron chi connectivity index (χ0n) is 17.8. The summed E-state index contributed by atoms with van der Waals surface area (Å²) in [5.41, 5.74) is 0.869. The molecule has 0 saturated heterocycles. The Balaban J connectivity index is 1.57. The summed E-state index contributed by atoms with van der Waals surface area (Å²) in [5, 5.41) is 9.60. The van der Waals surface area contributed by atoms with Crippen LogP contribution in [0.1, 0.15) is 31.1 Å². The highest BCUT2D eigenvalue weighted by Crippen LogP contribution is 2.19. The Morgan fingerprint density at radius 1 is 1.00 bits per heavy atom. The first-order chi connectivity index (χ1) is 14.8. The number of benzene rings is 2. The molecule has 0 atom stereocenters. The predicted molar refractivity (Wildman–Crippen MR) is 118 cm³/mol. The Morgan fingerprint density at radius 3 is 2.45 bits per heavy atom. The molecule has 0 aliphatic rings. The zero-order chi connectivity index (χ0) is 22.3. The van der Waals surface area contributed by atoms with Gasteiger partial charge >= 0.3 is 6.09 Å². The van der Waals surface area contributed by atoms with Gasteiger partial charge in [0.1, 0.15) is 18.0 Å². The number of carbonyl (C=O) groups excluding carboxylic acids is 2. The van der Waals surface area contributed by atoms with Crippen LogP contribution in [0.15, 0.2) is 67.0 Å². The number of carbonyl (C=O) groups is 2. The number of amides is 2. The SMILES string of the molecule is CC(C)(C)OC(=O)Nc1cccc(C(=O)Nc2cccc(OCCn3cccn3)c2)c1. The third-order valence-electron chi connectivity index (χ3n) is 4.01. The molecule has 0 fully saturated rings. The first kappa shape index (κ1) is 21.9. The summed E-state index contributed by atoms with van der Waals surface area (Å²) >= 11 is 0. The lowest BCUT2D eigenvalue weighted by molar-refractivity contribution is 0.0635. The molecule has 0 bridgehead atoms. The fourth-order valence-electron chi connectivity index (χ4n) is 2.72. The molecule has 0 saturated carbocycles. The maximum Gasteiger partial charge on any atom is 0.412 e. The van der Waals surface area contributed by atoms with E-state index in [1.165, 1.54) is 0 Å². The molecule has 0 spiro atoms. The highest BCUT2D eigenvalue weighted by atomic mass is 16.6. The van der Waals surface area contributed by atoms with Crippen molar-refractivity contribution in [3.8, 4) is 5.75 Å². The molecule has 0 radical (unpaired) electrons. The molecule has 0 aliphatic heterocycles. The van der Waals surface area contributed by atoms with E-state index in [-0.39, 0.29) is 5.91 Å². The maximum atomic E-state index is 12.7. The van der Waals surface area contributed by atoms with E-state index in [0.29, 0.717) is 35.8 Å². The monoisotopic (exact) mass is 422 g/mol. The van der Waals surface area contributed by atoms with Crippen molar-refractivity contribution in [3.63, 3.8) is 0 Å². The molecule has 2 amide bonds. The molecule has 8 heteroatoms. The third-order valence-corrected chi connectivity index (χ3v) is 4.01. The van der Waals surface area contributed by atoms with Crippen molar-refractivity contribution in [2.75, 3.05) is 17.2 Å². The minimum atomic E-state index is -0.607. The van der Waals surface area contributed by atoms with Crippen molar-refractivity contribution in [1.82, 2.24) is 9.78 Å². The number of nitrogens with zero attached hydrogens (tertiary/aromatic N) is 2. The van der Waals surface area contributed by atoms with Crippen LogP contribution in [-0.4, -0.2) is 34.0 Å². The van der Waals surface area contributed by atoms with Gasteiger partial charge in [0.05, 0.1) is 6.54 Å². The van der Waals surface area contributed by atoms with E-state index >= 15 is 0 Å². The van der Waals surface area contributed by atoms with E-state index in [1.807, 2.05) is 18.3 Å². The standard InChI is InChI=1S/C23H26N4O4/c1-23(2,3)31-22(29)26-18-8-4-7-17(15-18)21(28)25-19-9-5-10-20(16-19)30-14-13-27-12-6-11-24-27/h4-12,15-16H,13-14H2,1-3H3,(H,25,28)(H,26,29). The number of hydrogen-bond donors (Lipinski definition) is 2. The fraction of sp³-hybridized carbons (Fsp3) is 0.261. The lowest BCUT2D eigenvalue weighted by Crippen LogP contribution is -2.27. The number of hydrogen-bond acceptors (Lipinski definition) is 5. The highest BCUT2D eigenvalue weighted by Gasteiger charge is 2.16. The van der Waals surface area contributed by atoms with Gasteiger partial charge in [0.25, 0.3) is 5.91 Å². The predicted octanol–water partition coefficient (Wildman–Crippen LogP) is 4.56.